The van der Waals surface area contributed by atoms with Gasteiger partial charge in [0.05, 0.1) is 18.9 Å². The zero-order valence-corrected chi connectivity index (χ0v) is 15.3. The Labute approximate surface area is 153 Å². The third-order valence-electron chi connectivity index (χ3n) is 4.66. The Hall–Kier alpha value is -2.44. The van der Waals surface area contributed by atoms with Gasteiger partial charge in [-0.1, -0.05) is 12.1 Å². The van der Waals surface area contributed by atoms with E-state index in [-0.39, 0.29) is 0 Å². The van der Waals surface area contributed by atoms with Crippen molar-refractivity contribution in [1.29, 1.82) is 0 Å². The van der Waals surface area contributed by atoms with E-state index in [1.807, 2.05) is 36.7 Å². The Balaban J connectivity index is 1.56. The fraction of sp³-hybridized carbons (Fsp3) is 0.400. The maximum atomic E-state index is 6.07. The molecule has 136 valence electrons. The highest BCUT2D eigenvalue weighted by Gasteiger charge is 2.12. The third kappa shape index (κ3) is 3.57. The van der Waals surface area contributed by atoms with E-state index < -0.39 is 0 Å². The van der Waals surface area contributed by atoms with Crippen molar-refractivity contribution in [2.24, 2.45) is 0 Å². The highest BCUT2D eigenvalue weighted by atomic mass is 16.5. The summed E-state index contributed by atoms with van der Waals surface area (Å²) in [6.07, 6.45) is 0. The van der Waals surface area contributed by atoms with E-state index >= 15 is 0 Å². The van der Waals surface area contributed by atoms with Crippen LogP contribution in [0.15, 0.2) is 36.4 Å². The predicted octanol–water partition coefficient (Wildman–Crippen LogP) is 2.75. The van der Waals surface area contributed by atoms with Crippen LogP contribution in [0, 0.1) is 13.8 Å². The summed E-state index contributed by atoms with van der Waals surface area (Å²) in [5.74, 6) is 1.63. The lowest BCUT2D eigenvalue weighted by molar-refractivity contribution is 0.0323. The number of aromatic nitrogens is 3. The molecule has 0 N–H and O–H groups in total. The van der Waals surface area contributed by atoms with E-state index in [2.05, 4.69) is 28.2 Å². The average Bonchev–Trinajstić information content (AvgIpc) is 3.00. The summed E-state index contributed by atoms with van der Waals surface area (Å²) in [7, 11) is 0. The molecule has 2 aromatic heterocycles. The van der Waals surface area contributed by atoms with Crippen LogP contribution in [0.5, 0.6) is 5.75 Å². The molecule has 1 aliphatic heterocycles. The molecule has 0 spiro atoms. The van der Waals surface area contributed by atoms with Crippen LogP contribution in [-0.4, -0.2) is 59.1 Å². The molecular weight excluding hydrogens is 328 g/mol. The molecule has 0 amide bonds. The van der Waals surface area contributed by atoms with Gasteiger partial charge < -0.3 is 9.47 Å². The number of rotatable bonds is 5. The first-order valence-corrected chi connectivity index (χ1v) is 9.07. The van der Waals surface area contributed by atoms with Gasteiger partial charge in [-0.05, 0) is 38.1 Å². The molecule has 0 radical (unpaired) electrons. The van der Waals surface area contributed by atoms with E-state index in [1.165, 1.54) is 0 Å². The highest BCUT2D eigenvalue weighted by Crippen LogP contribution is 2.25. The molecule has 1 fully saturated rings. The summed E-state index contributed by atoms with van der Waals surface area (Å²) in [6.45, 7) is 9.13. The largest absolute Gasteiger partial charge is 0.490 e. The minimum atomic E-state index is 0.644. The van der Waals surface area contributed by atoms with Gasteiger partial charge in [-0.3, -0.25) is 4.90 Å². The summed E-state index contributed by atoms with van der Waals surface area (Å²) in [5, 5.41) is 5.60. The Kier molecular flexibility index (Phi) is 4.86. The Morgan fingerprint density at radius 1 is 1.12 bits per heavy atom. The summed E-state index contributed by atoms with van der Waals surface area (Å²) >= 11 is 0. The predicted molar refractivity (Wildman–Crippen MR) is 101 cm³/mol. The first-order valence-electron chi connectivity index (χ1n) is 9.07. The lowest BCUT2D eigenvalue weighted by Crippen LogP contribution is -2.38. The van der Waals surface area contributed by atoms with Gasteiger partial charge in [-0.25, -0.2) is 9.67 Å². The van der Waals surface area contributed by atoms with Gasteiger partial charge in [-0.15, -0.1) is 0 Å². The topological polar surface area (TPSA) is 52.4 Å². The lowest BCUT2D eigenvalue weighted by atomic mass is 10.2. The number of fused-ring (bicyclic) bond motifs is 1. The molecule has 6 nitrogen and oxygen atoms in total. The van der Waals surface area contributed by atoms with Crippen LogP contribution in [0.2, 0.25) is 0 Å². The van der Waals surface area contributed by atoms with Crippen LogP contribution in [-0.2, 0) is 4.74 Å². The van der Waals surface area contributed by atoms with Crippen LogP contribution < -0.4 is 4.74 Å². The molecule has 6 heteroatoms. The van der Waals surface area contributed by atoms with Crippen molar-refractivity contribution < 1.29 is 9.47 Å². The number of morpholine rings is 1. The number of benzene rings is 1. The molecule has 0 unspecified atom stereocenters. The lowest BCUT2D eigenvalue weighted by Gasteiger charge is -2.26. The average molecular weight is 352 g/mol. The van der Waals surface area contributed by atoms with Crippen molar-refractivity contribution in [3.63, 3.8) is 0 Å². The molecule has 1 aliphatic rings. The fourth-order valence-electron chi connectivity index (χ4n) is 3.31. The van der Waals surface area contributed by atoms with Crippen molar-refractivity contribution in [3.05, 3.63) is 47.8 Å². The Morgan fingerprint density at radius 3 is 2.73 bits per heavy atom. The van der Waals surface area contributed by atoms with Crippen molar-refractivity contribution >= 4 is 10.9 Å². The molecule has 0 aliphatic carbocycles. The molecular formula is C20H24N4O2. The van der Waals surface area contributed by atoms with Gasteiger partial charge in [0.25, 0.3) is 0 Å². The number of hydrogen-bond donors (Lipinski definition) is 0. The quantitative estimate of drug-likeness (QED) is 0.707. The standard InChI is InChI=1S/C20H24N4O2/c1-15-14-16(2)24(22-15)19-7-6-17-4-3-5-18(20(17)21-19)26-13-10-23-8-11-25-12-9-23/h3-7,14H,8-13H2,1-2H3. The molecule has 3 heterocycles. The number of aryl methyl sites for hydroxylation is 2. The molecule has 0 saturated carbocycles. The maximum absolute atomic E-state index is 6.07. The van der Waals surface area contributed by atoms with Crippen molar-refractivity contribution in [2.75, 3.05) is 39.5 Å². The molecule has 1 saturated heterocycles. The zero-order valence-electron chi connectivity index (χ0n) is 15.3. The molecule has 26 heavy (non-hydrogen) atoms. The summed E-state index contributed by atoms with van der Waals surface area (Å²) in [6, 6.07) is 12.2. The second-order valence-corrected chi connectivity index (χ2v) is 6.64. The second kappa shape index (κ2) is 7.43. The number of pyridine rings is 1. The van der Waals surface area contributed by atoms with Gasteiger partial charge in [0.15, 0.2) is 5.82 Å². The minimum Gasteiger partial charge on any atom is -0.490 e. The van der Waals surface area contributed by atoms with E-state index in [1.54, 1.807) is 0 Å². The normalized spacial score (nSPS) is 15.5. The van der Waals surface area contributed by atoms with Gasteiger partial charge in [0.1, 0.15) is 17.9 Å². The van der Waals surface area contributed by atoms with E-state index in [0.717, 1.165) is 66.7 Å². The second-order valence-electron chi connectivity index (χ2n) is 6.64. The minimum absolute atomic E-state index is 0.644. The first-order chi connectivity index (χ1) is 12.7. The monoisotopic (exact) mass is 352 g/mol. The third-order valence-corrected chi connectivity index (χ3v) is 4.66. The van der Waals surface area contributed by atoms with Crippen LogP contribution in [0.3, 0.4) is 0 Å². The first kappa shape index (κ1) is 17.0. The number of para-hydroxylation sites is 1. The van der Waals surface area contributed by atoms with E-state index in [0.29, 0.717) is 6.61 Å². The number of ether oxygens (including phenoxy) is 2. The summed E-state index contributed by atoms with van der Waals surface area (Å²) in [4.78, 5) is 7.19. The van der Waals surface area contributed by atoms with E-state index in [4.69, 9.17) is 14.5 Å². The highest BCUT2D eigenvalue weighted by molar-refractivity contribution is 5.85. The van der Waals surface area contributed by atoms with Gasteiger partial charge in [0.2, 0.25) is 0 Å². The van der Waals surface area contributed by atoms with Gasteiger partial charge in [0, 0.05) is 30.7 Å². The zero-order chi connectivity index (χ0) is 17.9. The summed E-state index contributed by atoms with van der Waals surface area (Å²) in [5.41, 5.74) is 2.93. The van der Waals surface area contributed by atoms with Crippen molar-refractivity contribution in [3.8, 4) is 11.6 Å². The van der Waals surface area contributed by atoms with Crippen LogP contribution in [0.1, 0.15) is 11.4 Å². The molecule has 0 atom stereocenters. The number of nitrogens with zero attached hydrogens (tertiary/aromatic N) is 4. The molecule has 3 aromatic rings. The summed E-state index contributed by atoms with van der Waals surface area (Å²) < 4.78 is 13.3. The smallest absolute Gasteiger partial charge is 0.154 e. The Morgan fingerprint density at radius 2 is 1.96 bits per heavy atom. The fourth-order valence-corrected chi connectivity index (χ4v) is 3.31. The van der Waals surface area contributed by atoms with E-state index in [9.17, 15) is 0 Å². The van der Waals surface area contributed by atoms with Gasteiger partial charge >= 0.3 is 0 Å². The van der Waals surface area contributed by atoms with Crippen LogP contribution in [0.4, 0.5) is 0 Å². The van der Waals surface area contributed by atoms with Crippen LogP contribution >= 0.6 is 0 Å². The number of hydrogen-bond acceptors (Lipinski definition) is 5. The molecule has 4 rings (SSSR count). The maximum Gasteiger partial charge on any atom is 0.154 e. The molecule has 0 bridgehead atoms. The van der Waals surface area contributed by atoms with Crippen LogP contribution in [0.25, 0.3) is 16.7 Å². The molecule has 1 aromatic carbocycles. The SMILES string of the molecule is Cc1cc(C)n(-c2ccc3cccc(OCCN4CCOCC4)c3n2)n1. The Bertz CT molecular complexity index is 900. The van der Waals surface area contributed by atoms with Crippen molar-refractivity contribution in [2.45, 2.75) is 13.8 Å². The van der Waals surface area contributed by atoms with Crippen molar-refractivity contribution in [1.82, 2.24) is 19.7 Å². The van der Waals surface area contributed by atoms with Gasteiger partial charge in [-0.2, -0.15) is 5.10 Å².